The molecule has 0 aliphatic carbocycles. The lowest BCUT2D eigenvalue weighted by Crippen LogP contribution is -2.14. The third kappa shape index (κ3) is 2.72. The Morgan fingerprint density at radius 3 is 2.57 bits per heavy atom. The van der Waals surface area contributed by atoms with Crippen LogP contribution >= 0.6 is 23.2 Å². The van der Waals surface area contributed by atoms with Crippen molar-refractivity contribution in [2.75, 3.05) is 0 Å². The van der Waals surface area contributed by atoms with Crippen molar-refractivity contribution in [3.63, 3.8) is 0 Å². The zero-order valence-electron chi connectivity index (χ0n) is 8.13. The number of rotatable bonds is 4. The average Bonchev–Trinajstić information content (AvgIpc) is 2.20. The van der Waals surface area contributed by atoms with Gasteiger partial charge in [-0.2, -0.15) is 5.10 Å². The number of halogens is 2. The molecule has 1 aromatic heterocycles. The third-order valence-corrected chi connectivity index (χ3v) is 2.65. The molecule has 3 nitrogen and oxygen atoms in total. The summed E-state index contributed by atoms with van der Waals surface area (Å²) < 4.78 is 5.61. The maximum Gasteiger partial charge on any atom is 0.174 e. The fourth-order valence-electron chi connectivity index (χ4n) is 1.05. The standard InChI is InChI=1S/C9H12Cl2N2O/c1-3-6(4-2)14-7-5-12-13-9(11)8(7)10/h5-6H,3-4H2,1-2H3. The lowest BCUT2D eigenvalue weighted by atomic mass is 10.2. The first-order chi connectivity index (χ1) is 6.69. The molecule has 0 saturated heterocycles. The first-order valence-corrected chi connectivity index (χ1v) is 5.27. The van der Waals surface area contributed by atoms with Gasteiger partial charge in [-0.3, -0.25) is 0 Å². The Hall–Kier alpha value is -0.540. The molecule has 1 aromatic rings. The van der Waals surface area contributed by atoms with Gasteiger partial charge < -0.3 is 4.74 Å². The van der Waals surface area contributed by atoms with Gasteiger partial charge in [0, 0.05) is 0 Å². The van der Waals surface area contributed by atoms with E-state index in [2.05, 4.69) is 24.0 Å². The average molecular weight is 235 g/mol. The Balaban J connectivity index is 2.80. The van der Waals surface area contributed by atoms with Crippen LogP contribution in [0.1, 0.15) is 26.7 Å². The molecule has 0 aliphatic heterocycles. The van der Waals surface area contributed by atoms with Crippen molar-refractivity contribution in [2.45, 2.75) is 32.8 Å². The van der Waals surface area contributed by atoms with Crippen LogP contribution in [0.4, 0.5) is 0 Å². The van der Waals surface area contributed by atoms with Crippen molar-refractivity contribution in [3.8, 4) is 5.75 Å². The zero-order valence-corrected chi connectivity index (χ0v) is 9.64. The first-order valence-electron chi connectivity index (χ1n) is 4.52. The minimum absolute atomic E-state index is 0.146. The molecule has 0 N–H and O–H groups in total. The molecule has 14 heavy (non-hydrogen) atoms. The molecule has 0 aromatic carbocycles. The van der Waals surface area contributed by atoms with Crippen LogP contribution in [0, 0.1) is 0 Å². The van der Waals surface area contributed by atoms with Gasteiger partial charge in [0.15, 0.2) is 10.9 Å². The van der Waals surface area contributed by atoms with Crippen LogP contribution in [0.3, 0.4) is 0 Å². The van der Waals surface area contributed by atoms with E-state index in [1.165, 1.54) is 6.20 Å². The van der Waals surface area contributed by atoms with E-state index in [9.17, 15) is 0 Å². The summed E-state index contributed by atoms with van der Waals surface area (Å²) in [6.45, 7) is 4.11. The van der Waals surface area contributed by atoms with E-state index >= 15 is 0 Å². The van der Waals surface area contributed by atoms with Crippen molar-refractivity contribution in [1.82, 2.24) is 10.2 Å². The van der Waals surface area contributed by atoms with Crippen LogP contribution in [0.15, 0.2) is 6.20 Å². The van der Waals surface area contributed by atoms with Crippen molar-refractivity contribution in [3.05, 3.63) is 16.4 Å². The molecular formula is C9H12Cl2N2O. The van der Waals surface area contributed by atoms with E-state index in [0.717, 1.165) is 12.8 Å². The molecule has 0 radical (unpaired) electrons. The van der Waals surface area contributed by atoms with Gasteiger partial charge in [0.1, 0.15) is 5.02 Å². The monoisotopic (exact) mass is 234 g/mol. The Bertz CT molecular complexity index is 303. The lowest BCUT2D eigenvalue weighted by molar-refractivity contribution is 0.192. The molecule has 0 fully saturated rings. The van der Waals surface area contributed by atoms with Crippen LogP contribution in [-0.4, -0.2) is 16.3 Å². The predicted octanol–water partition coefficient (Wildman–Crippen LogP) is 3.35. The lowest BCUT2D eigenvalue weighted by Gasteiger charge is -2.15. The minimum atomic E-state index is 0.146. The van der Waals surface area contributed by atoms with Gasteiger partial charge in [0.2, 0.25) is 0 Å². The summed E-state index contributed by atoms with van der Waals surface area (Å²) in [5, 5.41) is 7.78. The van der Waals surface area contributed by atoms with Gasteiger partial charge in [0.25, 0.3) is 0 Å². The maximum absolute atomic E-state index is 5.89. The summed E-state index contributed by atoms with van der Waals surface area (Å²) in [7, 11) is 0. The van der Waals surface area contributed by atoms with E-state index in [4.69, 9.17) is 27.9 Å². The van der Waals surface area contributed by atoms with Crippen molar-refractivity contribution in [2.24, 2.45) is 0 Å². The van der Waals surface area contributed by atoms with Crippen LogP contribution < -0.4 is 4.74 Å². The summed E-state index contributed by atoms with van der Waals surface area (Å²) in [6, 6.07) is 0. The van der Waals surface area contributed by atoms with E-state index in [1.54, 1.807) is 0 Å². The van der Waals surface area contributed by atoms with Gasteiger partial charge in [0.05, 0.1) is 12.3 Å². The summed E-state index contributed by atoms with van der Waals surface area (Å²) in [5.41, 5.74) is 0. The number of aromatic nitrogens is 2. The number of nitrogens with zero attached hydrogens (tertiary/aromatic N) is 2. The number of hydrogen-bond acceptors (Lipinski definition) is 3. The second-order valence-electron chi connectivity index (χ2n) is 2.87. The molecule has 0 unspecified atom stereocenters. The third-order valence-electron chi connectivity index (χ3n) is 1.92. The second-order valence-corrected chi connectivity index (χ2v) is 3.61. The summed E-state index contributed by atoms with van der Waals surface area (Å²) in [6.07, 6.45) is 3.47. The molecule has 1 rings (SSSR count). The van der Waals surface area contributed by atoms with E-state index < -0.39 is 0 Å². The largest absolute Gasteiger partial charge is 0.487 e. The summed E-state index contributed by atoms with van der Waals surface area (Å²) in [4.78, 5) is 0. The molecule has 0 amide bonds. The quantitative estimate of drug-likeness (QED) is 0.802. The summed E-state index contributed by atoms with van der Waals surface area (Å²) in [5.74, 6) is 0.500. The zero-order chi connectivity index (χ0) is 10.6. The SMILES string of the molecule is CCC(CC)Oc1cnnc(Cl)c1Cl. The topological polar surface area (TPSA) is 35.0 Å². The highest BCUT2D eigenvalue weighted by atomic mass is 35.5. The fourth-order valence-corrected chi connectivity index (χ4v) is 1.32. The van der Waals surface area contributed by atoms with Crippen molar-refractivity contribution >= 4 is 23.2 Å². The van der Waals surface area contributed by atoms with E-state index in [0.29, 0.717) is 10.8 Å². The number of hydrogen-bond donors (Lipinski definition) is 0. The normalized spacial score (nSPS) is 10.6. The van der Waals surface area contributed by atoms with Crippen LogP contribution in [-0.2, 0) is 0 Å². The number of ether oxygens (including phenoxy) is 1. The van der Waals surface area contributed by atoms with Crippen LogP contribution in [0.25, 0.3) is 0 Å². The predicted molar refractivity (Wildman–Crippen MR) is 57.1 cm³/mol. The molecular weight excluding hydrogens is 223 g/mol. The highest BCUT2D eigenvalue weighted by molar-refractivity contribution is 6.42. The molecule has 78 valence electrons. The Labute approximate surface area is 93.4 Å². The Kier molecular flexibility index (Phi) is 4.42. The van der Waals surface area contributed by atoms with Gasteiger partial charge in [-0.15, -0.1) is 5.10 Å². The highest BCUT2D eigenvalue weighted by Gasteiger charge is 2.11. The van der Waals surface area contributed by atoms with E-state index in [-0.39, 0.29) is 11.3 Å². The van der Waals surface area contributed by atoms with Gasteiger partial charge in [-0.25, -0.2) is 0 Å². The van der Waals surface area contributed by atoms with Crippen LogP contribution in [0.2, 0.25) is 10.2 Å². The minimum Gasteiger partial charge on any atom is -0.487 e. The Morgan fingerprint density at radius 1 is 1.36 bits per heavy atom. The smallest absolute Gasteiger partial charge is 0.174 e. The molecule has 5 heteroatoms. The molecule has 1 heterocycles. The summed E-state index contributed by atoms with van der Waals surface area (Å²) >= 11 is 11.6. The molecule has 0 bridgehead atoms. The Morgan fingerprint density at radius 2 is 2.00 bits per heavy atom. The molecule has 0 aliphatic rings. The highest BCUT2D eigenvalue weighted by Crippen LogP contribution is 2.29. The van der Waals surface area contributed by atoms with Gasteiger partial charge >= 0.3 is 0 Å². The fraction of sp³-hybridized carbons (Fsp3) is 0.556. The molecule has 0 saturated carbocycles. The van der Waals surface area contributed by atoms with Gasteiger partial charge in [-0.1, -0.05) is 37.0 Å². The van der Waals surface area contributed by atoms with Crippen molar-refractivity contribution < 1.29 is 4.74 Å². The molecule has 0 spiro atoms. The van der Waals surface area contributed by atoms with Gasteiger partial charge in [-0.05, 0) is 12.8 Å². The maximum atomic E-state index is 5.89. The van der Waals surface area contributed by atoms with E-state index in [1.807, 2.05) is 0 Å². The van der Waals surface area contributed by atoms with Crippen molar-refractivity contribution in [1.29, 1.82) is 0 Å². The van der Waals surface area contributed by atoms with Crippen LogP contribution in [0.5, 0.6) is 5.75 Å². The first kappa shape index (κ1) is 11.5. The second kappa shape index (κ2) is 5.37. The molecule has 0 atom stereocenters.